The van der Waals surface area contributed by atoms with E-state index in [1.54, 1.807) is 23.6 Å². The number of hydrogen-bond acceptors (Lipinski definition) is 3. The van der Waals surface area contributed by atoms with Crippen molar-refractivity contribution in [2.75, 3.05) is 18.1 Å². The van der Waals surface area contributed by atoms with E-state index >= 15 is 0 Å². The molecule has 6 nitrogen and oxygen atoms in total. The molecule has 3 amide bonds. The van der Waals surface area contributed by atoms with Crippen LogP contribution in [0.3, 0.4) is 0 Å². The molecule has 0 aliphatic carbocycles. The molecule has 1 fully saturated rings. The van der Waals surface area contributed by atoms with Crippen LogP contribution in [0.25, 0.3) is 0 Å². The van der Waals surface area contributed by atoms with Crippen molar-refractivity contribution in [1.82, 2.24) is 4.90 Å². The van der Waals surface area contributed by atoms with Crippen molar-refractivity contribution in [3.8, 4) is 5.75 Å². The van der Waals surface area contributed by atoms with Crippen LogP contribution in [0.1, 0.15) is 19.4 Å². The minimum atomic E-state index is -1.11. The fourth-order valence-electron chi connectivity index (χ4n) is 3.73. The van der Waals surface area contributed by atoms with E-state index < -0.39 is 17.0 Å². The first kappa shape index (κ1) is 16.4. The monoisotopic (exact) mass is 351 g/mol. The minimum absolute atomic E-state index is 0.242. The fourth-order valence-corrected chi connectivity index (χ4v) is 3.73. The number of nitrogens with two attached hydrogens (primary N) is 1. The van der Waals surface area contributed by atoms with Gasteiger partial charge in [-0.1, -0.05) is 42.5 Å². The molecule has 2 aromatic carbocycles. The Hall–Kier alpha value is -3.02. The summed E-state index contributed by atoms with van der Waals surface area (Å²) in [5.41, 5.74) is 5.45. The molecule has 2 aliphatic rings. The van der Waals surface area contributed by atoms with Gasteiger partial charge in [0.1, 0.15) is 23.4 Å². The Morgan fingerprint density at radius 1 is 1.12 bits per heavy atom. The van der Waals surface area contributed by atoms with E-state index in [0.717, 1.165) is 5.56 Å². The van der Waals surface area contributed by atoms with E-state index in [2.05, 4.69) is 0 Å². The van der Waals surface area contributed by atoms with E-state index in [9.17, 15) is 9.59 Å². The molecule has 2 N–H and O–H groups in total. The second kappa shape index (κ2) is 5.49. The molecule has 0 aromatic heterocycles. The van der Waals surface area contributed by atoms with Crippen LogP contribution in [0.15, 0.2) is 54.6 Å². The van der Waals surface area contributed by atoms with Gasteiger partial charge >= 0.3 is 6.03 Å². The number of anilines is 1. The van der Waals surface area contributed by atoms with Crippen LogP contribution < -0.4 is 15.4 Å². The van der Waals surface area contributed by atoms with Crippen LogP contribution >= 0.6 is 0 Å². The quantitative estimate of drug-likeness (QED) is 0.923. The summed E-state index contributed by atoms with van der Waals surface area (Å²) in [7, 11) is 0. The second-order valence-electron chi connectivity index (χ2n) is 7.28. The molecule has 134 valence electrons. The lowest BCUT2D eigenvalue weighted by molar-refractivity contribution is -0.126. The van der Waals surface area contributed by atoms with Gasteiger partial charge in [-0.15, -0.1) is 0 Å². The summed E-state index contributed by atoms with van der Waals surface area (Å²) in [4.78, 5) is 28.8. The summed E-state index contributed by atoms with van der Waals surface area (Å²) in [6.07, 6.45) is 0. The molecular formula is C20H21N3O3. The highest BCUT2D eigenvalue weighted by atomic mass is 16.5. The summed E-state index contributed by atoms with van der Waals surface area (Å²) >= 11 is 0. The average Bonchev–Trinajstić information content (AvgIpc) is 2.97. The molecule has 1 atom stereocenters. The third-order valence-corrected chi connectivity index (χ3v) is 5.43. The van der Waals surface area contributed by atoms with Crippen LogP contribution in [-0.2, 0) is 10.3 Å². The third-order valence-electron chi connectivity index (χ3n) is 5.43. The maximum Gasteiger partial charge on any atom is 0.326 e. The zero-order valence-corrected chi connectivity index (χ0v) is 14.8. The molecule has 0 bridgehead atoms. The summed E-state index contributed by atoms with van der Waals surface area (Å²) in [5.74, 6) is 0.120. The second-order valence-corrected chi connectivity index (χ2v) is 7.28. The van der Waals surface area contributed by atoms with Gasteiger partial charge < -0.3 is 15.4 Å². The van der Waals surface area contributed by atoms with Gasteiger partial charge in [0.05, 0.1) is 12.2 Å². The Morgan fingerprint density at radius 2 is 1.77 bits per heavy atom. The number of primary amides is 1. The summed E-state index contributed by atoms with van der Waals surface area (Å²) in [5, 5.41) is 0. The first-order valence-corrected chi connectivity index (χ1v) is 8.57. The predicted molar refractivity (Wildman–Crippen MR) is 97.9 cm³/mol. The van der Waals surface area contributed by atoms with Gasteiger partial charge in [0.25, 0.3) is 0 Å². The number of benzene rings is 2. The Morgan fingerprint density at radius 3 is 2.46 bits per heavy atom. The van der Waals surface area contributed by atoms with Crippen LogP contribution in [0.4, 0.5) is 10.5 Å². The van der Waals surface area contributed by atoms with Crippen molar-refractivity contribution in [2.45, 2.75) is 24.9 Å². The van der Waals surface area contributed by atoms with Crippen molar-refractivity contribution in [3.63, 3.8) is 0 Å². The van der Waals surface area contributed by atoms with Gasteiger partial charge in [-0.3, -0.25) is 9.69 Å². The van der Waals surface area contributed by atoms with Crippen molar-refractivity contribution >= 4 is 17.6 Å². The molecule has 4 rings (SSSR count). The topological polar surface area (TPSA) is 75.9 Å². The maximum atomic E-state index is 13.4. The number of ether oxygens (including phenoxy) is 1. The lowest BCUT2D eigenvalue weighted by Gasteiger charge is -2.41. The normalized spacial score (nSPS) is 21.8. The predicted octanol–water partition coefficient (Wildman–Crippen LogP) is 2.48. The Labute approximate surface area is 152 Å². The number of carbonyl (C=O) groups is 2. The van der Waals surface area contributed by atoms with E-state index in [-0.39, 0.29) is 6.03 Å². The highest BCUT2D eigenvalue weighted by molar-refractivity contribution is 6.02. The van der Waals surface area contributed by atoms with E-state index in [4.69, 9.17) is 10.5 Å². The SMILES string of the molecule is CC(C)(C(N)=O)N1CC2(c3ccccc3)COc3ccccc3N2C1=O. The third kappa shape index (κ3) is 2.11. The average molecular weight is 351 g/mol. The van der Waals surface area contributed by atoms with E-state index in [0.29, 0.717) is 24.6 Å². The number of para-hydroxylation sites is 2. The Bertz CT molecular complexity index is 881. The molecule has 2 aliphatic heterocycles. The Kier molecular flexibility index (Phi) is 3.47. The molecule has 0 radical (unpaired) electrons. The van der Waals surface area contributed by atoms with E-state index in [1.165, 1.54) is 0 Å². The van der Waals surface area contributed by atoms with Gasteiger partial charge in [-0.2, -0.15) is 0 Å². The summed E-state index contributed by atoms with van der Waals surface area (Å²) in [6, 6.07) is 17.0. The minimum Gasteiger partial charge on any atom is -0.488 e. The summed E-state index contributed by atoms with van der Waals surface area (Å²) in [6.45, 7) is 3.99. The number of nitrogens with zero attached hydrogens (tertiary/aromatic N) is 2. The van der Waals surface area contributed by atoms with Gasteiger partial charge in [0.2, 0.25) is 5.91 Å². The summed E-state index contributed by atoms with van der Waals surface area (Å²) < 4.78 is 6.03. The van der Waals surface area contributed by atoms with Crippen LogP contribution in [0, 0.1) is 0 Å². The molecule has 0 spiro atoms. The molecular weight excluding hydrogens is 330 g/mol. The van der Waals surface area contributed by atoms with Crippen LogP contribution in [0.2, 0.25) is 0 Å². The number of hydrogen-bond donors (Lipinski definition) is 1. The van der Waals surface area contributed by atoms with Crippen LogP contribution in [-0.4, -0.2) is 35.5 Å². The molecule has 2 aromatic rings. The van der Waals surface area contributed by atoms with E-state index in [1.807, 2.05) is 54.6 Å². The molecule has 6 heteroatoms. The first-order valence-electron chi connectivity index (χ1n) is 8.57. The highest BCUT2D eigenvalue weighted by Gasteiger charge is 2.58. The van der Waals surface area contributed by atoms with Crippen molar-refractivity contribution < 1.29 is 14.3 Å². The maximum absolute atomic E-state index is 13.4. The first-order chi connectivity index (χ1) is 12.4. The molecule has 1 saturated heterocycles. The van der Waals surface area contributed by atoms with Gasteiger partial charge in [-0.25, -0.2) is 4.79 Å². The Balaban J connectivity index is 1.91. The van der Waals surface area contributed by atoms with Crippen molar-refractivity contribution in [2.24, 2.45) is 5.73 Å². The van der Waals surface area contributed by atoms with Crippen LogP contribution in [0.5, 0.6) is 5.75 Å². The zero-order valence-electron chi connectivity index (χ0n) is 14.8. The fraction of sp³-hybridized carbons (Fsp3) is 0.300. The molecule has 2 heterocycles. The smallest absolute Gasteiger partial charge is 0.326 e. The lowest BCUT2D eigenvalue weighted by Crippen LogP contribution is -2.54. The molecule has 1 unspecified atom stereocenters. The zero-order chi connectivity index (χ0) is 18.5. The number of amides is 3. The number of fused-ring (bicyclic) bond motifs is 3. The van der Waals surface area contributed by atoms with Gasteiger partial charge in [0, 0.05) is 0 Å². The molecule has 0 saturated carbocycles. The van der Waals surface area contributed by atoms with Crippen molar-refractivity contribution in [3.05, 3.63) is 60.2 Å². The standard InChI is InChI=1S/C20H21N3O3/c1-19(2,17(21)24)22-12-20(14-8-4-3-5-9-14)13-26-16-11-7-6-10-15(16)23(20)18(22)25/h3-11H,12-13H2,1-2H3,(H2,21,24). The van der Waals surface area contributed by atoms with Gasteiger partial charge in [0.15, 0.2) is 0 Å². The number of urea groups is 1. The molecule has 26 heavy (non-hydrogen) atoms. The lowest BCUT2D eigenvalue weighted by atomic mass is 9.87. The largest absolute Gasteiger partial charge is 0.488 e. The number of carbonyl (C=O) groups excluding carboxylic acids is 2. The van der Waals surface area contributed by atoms with Gasteiger partial charge in [-0.05, 0) is 31.5 Å². The highest BCUT2D eigenvalue weighted by Crippen LogP contribution is 2.48. The number of rotatable bonds is 3. The van der Waals surface area contributed by atoms with Crippen molar-refractivity contribution in [1.29, 1.82) is 0 Å².